The number of carbonyl (C=O) groups is 1. The SMILES string of the molecule is COc1ccc(Br)cc1C(=O)N/N=C\c1ccn(C)c1. The van der Waals surface area contributed by atoms with Crippen molar-refractivity contribution in [1.29, 1.82) is 0 Å². The maximum Gasteiger partial charge on any atom is 0.275 e. The summed E-state index contributed by atoms with van der Waals surface area (Å²) in [6, 6.07) is 7.12. The minimum Gasteiger partial charge on any atom is -0.496 e. The van der Waals surface area contributed by atoms with Crippen molar-refractivity contribution in [3.8, 4) is 5.75 Å². The van der Waals surface area contributed by atoms with Crippen LogP contribution >= 0.6 is 15.9 Å². The average Bonchev–Trinajstić information content (AvgIpc) is 2.84. The molecule has 0 atom stereocenters. The number of halogens is 1. The molecule has 1 aromatic heterocycles. The standard InChI is InChI=1S/C14H14BrN3O2/c1-18-6-5-10(9-18)8-16-17-14(19)12-7-11(15)3-4-13(12)20-2/h3-9H,1-2H3,(H,17,19)/b16-8-. The van der Waals surface area contributed by atoms with Gasteiger partial charge in [-0.05, 0) is 24.3 Å². The van der Waals surface area contributed by atoms with Crippen LogP contribution in [0.3, 0.4) is 0 Å². The first-order valence-corrected chi connectivity index (χ1v) is 6.68. The quantitative estimate of drug-likeness (QED) is 0.689. The second-order valence-corrected chi connectivity index (χ2v) is 5.07. The Labute approximate surface area is 125 Å². The average molecular weight is 336 g/mol. The number of hydrogen-bond acceptors (Lipinski definition) is 3. The summed E-state index contributed by atoms with van der Waals surface area (Å²) in [5.74, 6) is 0.177. The van der Waals surface area contributed by atoms with Crippen molar-refractivity contribution in [3.05, 3.63) is 52.3 Å². The van der Waals surface area contributed by atoms with Gasteiger partial charge in [-0.25, -0.2) is 5.43 Å². The van der Waals surface area contributed by atoms with Gasteiger partial charge in [0, 0.05) is 29.5 Å². The van der Waals surface area contributed by atoms with Crippen molar-refractivity contribution in [2.75, 3.05) is 7.11 Å². The highest BCUT2D eigenvalue weighted by atomic mass is 79.9. The number of nitrogens with one attached hydrogen (secondary N) is 1. The number of carbonyl (C=O) groups excluding carboxylic acids is 1. The maximum atomic E-state index is 12.0. The van der Waals surface area contributed by atoms with Crippen LogP contribution in [0.5, 0.6) is 5.75 Å². The van der Waals surface area contributed by atoms with Crippen LogP contribution in [-0.4, -0.2) is 23.8 Å². The molecule has 0 saturated carbocycles. The Balaban J connectivity index is 2.08. The van der Waals surface area contributed by atoms with E-state index in [9.17, 15) is 4.79 Å². The van der Waals surface area contributed by atoms with Gasteiger partial charge >= 0.3 is 0 Å². The third-order valence-corrected chi connectivity index (χ3v) is 3.13. The van der Waals surface area contributed by atoms with E-state index in [1.54, 1.807) is 18.3 Å². The second kappa shape index (κ2) is 6.38. The summed E-state index contributed by atoms with van der Waals surface area (Å²) in [6.45, 7) is 0. The Bertz CT molecular complexity index is 650. The summed E-state index contributed by atoms with van der Waals surface area (Å²) >= 11 is 3.32. The third-order valence-electron chi connectivity index (χ3n) is 2.64. The van der Waals surface area contributed by atoms with Crippen molar-refractivity contribution in [3.63, 3.8) is 0 Å². The van der Waals surface area contributed by atoms with Crippen molar-refractivity contribution < 1.29 is 9.53 Å². The third kappa shape index (κ3) is 3.48. The summed E-state index contributed by atoms with van der Waals surface area (Å²) in [6.07, 6.45) is 5.39. The minimum atomic E-state index is -0.324. The lowest BCUT2D eigenvalue weighted by molar-refractivity contribution is 0.0952. The lowest BCUT2D eigenvalue weighted by atomic mass is 10.2. The smallest absolute Gasteiger partial charge is 0.275 e. The van der Waals surface area contributed by atoms with E-state index >= 15 is 0 Å². The predicted octanol–water partition coefficient (Wildman–Crippen LogP) is 2.56. The van der Waals surface area contributed by atoms with Crippen LogP contribution in [0.1, 0.15) is 15.9 Å². The molecule has 0 unspecified atom stereocenters. The molecule has 0 radical (unpaired) electrons. The Kier molecular flexibility index (Phi) is 4.57. The number of aryl methyl sites for hydroxylation is 1. The molecule has 1 aromatic carbocycles. The van der Waals surface area contributed by atoms with Crippen LogP contribution in [0.25, 0.3) is 0 Å². The molecule has 0 fully saturated rings. The van der Waals surface area contributed by atoms with Gasteiger partial charge in [-0.3, -0.25) is 4.79 Å². The largest absolute Gasteiger partial charge is 0.496 e. The fourth-order valence-corrected chi connectivity index (χ4v) is 2.05. The van der Waals surface area contributed by atoms with E-state index in [4.69, 9.17) is 4.74 Å². The molecule has 1 amide bonds. The van der Waals surface area contributed by atoms with Crippen LogP contribution in [0.4, 0.5) is 0 Å². The van der Waals surface area contributed by atoms with Gasteiger partial charge in [0.2, 0.25) is 0 Å². The number of aromatic nitrogens is 1. The molecule has 6 heteroatoms. The summed E-state index contributed by atoms with van der Waals surface area (Å²) in [5, 5.41) is 3.93. The molecule has 5 nitrogen and oxygen atoms in total. The highest BCUT2D eigenvalue weighted by Gasteiger charge is 2.11. The molecule has 2 aromatic rings. The molecule has 0 aliphatic carbocycles. The van der Waals surface area contributed by atoms with E-state index < -0.39 is 0 Å². The zero-order chi connectivity index (χ0) is 14.5. The summed E-state index contributed by atoms with van der Waals surface area (Å²) in [7, 11) is 3.44. The van der Waals surface area contributed by atoms with Gasteiger partial charge in [0.05, 0.1) is 18.9 Å². The predicted molar refractivity (Wildman–Crippen MR) is 81.2 cm³/mol. The number of hydrogen-bond donors (Lipinski definition) is 1. The van der Waals surface area contributed by atoms with E-state index in [0.29, 0.717) is 11.3 Å². The molecular formula is C14H14BrN3O2. The van der Waals surface area contributed by atoms with E-state index in [1.807, 2.05) is 36.1 Å². The summed E-state index contributed by atoms with van der Waals surface area (Å²) in [5.41, 5.74) is 3.81. The molecule has 0 bridgehead atoms. The fourth-order valence-electron chi connectivity index (χ4n) is 1.68. The molecule has 0 saturated heterocycles. The Morgan fingerprint density at radius 1 is 1.45 bits per heavy atom. The second-order valence-electron chi connectivity index (χ2n) is 4.15. The first kappa shape index (κ1) is 14.3. The van der Waals surface area contributed by atoms with Crippen molar-refractivity contribution in [1.82, 2.24) is 9.99 Å². The van der Waals surface area contributed by atoms with Gasteiger partial charge < -0.3 is 9.30 Å². The Morgan fingerprint density at radius 2 is 2.25 bits per heavy atom. The minimum absolute atomic E-state index is 0.324. The normalized spacial score (nSPS) is 10.8. The molecule has 0 spiro atoms. The zero-order valence-corrected chi connectivity index (χ0v) is 12.7. The molecular weight excluding hydrogens is 322 g/mol. The van der Waals surface area contributed by atoms with Crippen LogP contribution in [0.2, 0.25) is 0 Å². The van der Waals surface area contributed by atoms with Crippen LogP contribution in [0, 0.1) is 0 Å². The molecule has 1 heterocycles. The molecule has 0 aliphatic rings. The number of hydrazone groups is 1. The first-order valence-electron chi connectivity index (χ1n) is 5.89. The van der Waals surface area contributed by atoms with Crippen molar-refractivity contribution in [2.45, 2.75) is 0 Å². The highest BCUT2D eigenvalue weighted by molar-refractivity contribution is 9.10. The lowest BCUT2D eigenvalue weighted by Gasteiger charge is -2.07. The molecule has 104 valence electrons. The topological polar surface area (TPSA) is 55.6 Å². The van der Waals surface area contributed by atoms with Gasteiger partial charge in [-0.2, -0.15) is 5.10 Å². The summed E-state index contributed by atoms with van der Waals surface area (Å²) in [4.78, 5) is 12.0. The van der Waals surface area contributed by atoms with Crippen molar-refractivity contribution in [2.24, 2.45) is 12.1 Å². The maximum absolute atomic E-state index is 12.0. The molecule has 1 N–H and O–H groups in total. The first-order chi connectivity index (χ1) is 9.60. The highest BCUT2D eigenvalue weighted by Crippen LogP contribution is 2.22. The number of ether oxygens (including phenoxy) is 1. The fraction of sp³-hybridized carbons (Fsp3) is 0.143. The van der Waals surface area contributed by atoms with Gasteiger partial charge in [0.15, 0.2) is 0 Å². The number of rotatable bonds is 4. The molecule has 20 heavy (non-hydrogen) atoms. The van der Waals surface area contributed by atoms with E-state index in [1.165, 1.54) is 7.11 Å². The monoisotopic (exact) mass is 335 g/mol. The van der Waals surface area contributed by atoms with E-state index in [2.05, 4.69) is 26.5 Å². The molecule has 0 aliphatic heterocycles. The summed E-state index contributed by atoms with van der Waals surface area (Å²) < 4.78 is 7.86. The number of benzene rings is 1. The van der Waals surface area contributed by atoms with Gasteiger partial charge in [0.1, 0.15) is 5.75 Å². The number of amides is 1. The van der Waals surface area contributed by atoms with Gasteiger partial charge in [-0.1, -0.05) is 15.9 Å². The van der Waals surface area contributed by atoms with Crippen LogP contribution in [-0.2, 0) is 7.05 Å². The number of methoxy groups -OCH3 is 1. The van der Waals surface area contributed by atoms with Crippen LogP contribution in [0.15, 0.2) is 46.2 Å². The van der Waals surface area contributed by atoms with Gasteiger partial charge in [0.25, 0.3) is 5.91 Å². The Hall–Kier alpha value is -2.08. The van der Waals surface area contributed by atoms with Crippen molar-refractivity contribution >= 4 is 28.1 Å². The zero-order valence-electron chi connectivity index (χ0n) is 11.1. The number of nitrogens with zero attached hydrogens (tertiary/aromatic N) is 2. The van der Waals surface area contributed by atoms with Crippen LogP contribution < -0.4 is 10.2 Å². The molecule has 2 rings (SSSR count). The van der Waals surface area contributed by atoms with E-state index in [-0.39, 0.29) is 5.91 Å². The van der Waals surface area contributed by atoms with Gasteiger partial charge in [-0.15, -0.1) is 0 Å². The van der Waals surface area contributed by atoms with E-state index in [0.717, 1.165) is 10.0 Å². The Morgan fingerprint density at radius 3 is 2.90 bits per heavy atom. The lowest BCUT2D eigenvalue weighted by Crippen LogP contribution is -2.18.